The molecule has 0 aromatic carbocycles. The molecule has 68 valence electrons. The van der Waals surface area contributed by atoms with E-state index in [-0.39, 0.29) is 12.3 Å². The first-order chi connectivity index (χ1) is 6.24. The number of aryl methyl sites for hydroxylation is 1. The van der Waals surface area contributed by atoms with Crippen LogP contribution in [0.15, 0.2) is 5.51 Å². The monoisotopic (exact) mass is 195 g/mol. The molecule has 0 N–H and O–H groups in total. The smallest absolute Gasteiger partial charge is 0.296 e. The number of ether oxygens (including phenoxy) is 1. The summed E-state index contributed by atoms with van der Waals surface area (Å²) in [6, 6.07) is 0. The SMILES string of the molecule is [B]CC(=O)OCCc1scnc1C. The average Bonchev–Trinajstić information content (AvgIpc) is 2.52. The molecule has 3 nitrogen and oxygen atoms in total. The van der Waals surface area contributed by atoms with E-state index in [0.717, 1.165) is 17.0 Å². The molecule has 1 rings (SSSR count). The normalized spacial score (nSPS) is 9.92. The van der Waals surface area contributed by atoms with Crippen molar-refractivity contribution in [1.82, 2.24) is 4.98 Å². The highest BCUT2D eigenvalue weighted by atomic mass is 32.1. The van der Waals surface area contributed by atoms with Gasteiger partial charge in [-0.25, -0.2) is 4.98 Å². The molecule has 2 radical (unpaired) electrons. The third-order valence-corrected chi connectivity index (χ3v) is 2.60. The number of hydrogen-bond donors (Lipinski definition) is 0. The van der Waals surface area contributed by atoms with Crippen LogP contribution in [0.5, 0.6) is 0 Å². The number of hydrogen-bond acceptors (Lipinski definition) is 4. The summed E-state index contributed by atoms with van der Waals surface area (Å²) in [4.78, 5) is 15.9. The number of thiazole rings is 1. The fourth-order valence-electron chi connectivity index (χ4n) is 0.883. The Morgan fingerprint density at radius 2 is 2.54 bits per heavy atom. The fraction of sp³-hybridized carbons (Fsp3) is 0.500. The van der Waals surface area contributed by atoms with E-state index in [1.165, 1.54) is 0 Å². The first-order valence-corrected chi connectivity index (χ1v) is 4.86. The van der Waals surface area contributed by atoms with Crippen molar-refractivity contribution < 1.29 is 9.53 Å². The van der Waals surface area contributed by atoms with Crippen LogP contribution in [-0.2, 0) is 16.0 Å². The molecule has 1 aromatic heterocycles. The van der Waals surface area contributed by atoms with Gasteiger partial charge in [0.15, 0.2) is 0 Å². The molecule has 13 heavy (non-hydrogen) atoms. The van der Waals surface area contributed by atoms with Crippen molar-refractivity contribution in [1.29, 1.82) is 0 Å². The first kappa shape index (κ1) is 10.2. The Labute approximate surface area is 82.5 Å². The van der Waals surface area contributed by atoms with Crippen molar-refractivity contribution in [3.05, 3.63) is 16.1 Å². The lowest BCUT2D eigenvalue weighted by Gasteiger charge is -2.01. The Bertz CT molecular complexity index is 287. The van der Waals surface area contributed by atoms with Gasteiger partial charge in [-0.1, -0.05) is 0 Å². The van der Waals surface area contributed by atoms with Crippen molar-refractivity contribution in [3.63, 3.8) is 0 Å². The molecular formula is C8H10BNO2S. The third-order valence-electron chi connectivity index (χ3n) is 1.60. The second-order valence-corrected chi connectivity index (χ2v) is 3.47. The number of nitrogens with zero attached hydrogens (tertiary/aromatic N) is 1. The molecule has 1 aromatic rings. The molecule has 0 aliphatic heterocycles. The van der Waals surface area contributed by atoms with Crippen LogP contribution in [-0.4, -0.2) is 25.4 Å². The lowest BCUT2D eigenvalue weighted by molar-refractivity contribution is -0.140. The molecule has 0 bridgehead atoms. The summed E-state index contributed by atoms with van der Waals surface area (Å²) in [6.45, 7) is 2.33. The molecule has 0 spiro atoms. The van der Waals surface area contributed by atoms with Crippen molar-refractivity contribution in [2.75, 3.05) is 6.61 Å². The maximum atomic E-state index is 10.7. The summed E-state index contributed by atoms with van der Waals surface area (Å²) < 4.78 is 4.83. The van der Waals surface area contributed by atoms with Gasteiger partial charge >= 0.3 is 0 Å². The largest absolute Gasteiger partial charge is 0.466 e. The zero-order valence-electron chi connectivity index (χ0n) is 7.45. The highest BCUT2D eigenvalue weighted by Gasteiger charge is 2.02. The molecule has 0 saturated heterocycles. The predicted molar refractivity (Wildman–Crippen MR) is 52.1 cm³/mol. The number of aromatic nitrogens is 1. The van der Waals surface area contributed by atoms with Gasteiger partial charge in [0.2, 0.25) is 0 Å². The third kappa shape index (κ3) is 3.18. The lowest BCUT2D eigenvalue weighted by atomic mass is 10.1. The fourth-order valence-corrected chi connectivity index (χ4v) is 1.65. The van der Waals surface area contributed by atoms with Crippen LogP contribution in [0.1, 0.15) is 10.6 Å². The molecule has 0 aliphatic rings. The minimum atomic E-state index is -0.359. The molecular weight excluding hydrogens is 185 g/mol. The van der Waals surface area contributed by atoms with E-state index in [1.54, 1.807) is 16.8 Å². The van der Waals surface area contributed by atoms with Crippen molar-refractivity contribution in [2.45, 2.75) is 19.7 Å². The van der Waals surface area contributed by atoms with Crippen LogP contribution in [0.3, 0.4) is 0 Å². The molecule has 0 saturated carbocycles. The minimum Gasteiger partial charge on any atom is -0.466 e. The Balaban J connectivity index is 2.28. The van der Waals surface area contributed by atoms with Gasteiger partial charge < -0.3 is 4.74 Å². The van der Waals surface area contributed by atoms with Gasteiger partial charge in [0.05, 0.1) is 25.7 Å². The molecule has 0 aliphatic carbocycles. The van der Waals surface area contributed by atoms with Crippen LogP contribution in [0.4, 0.5) is 0 Å². The van der Waals surface area contributed by atoms with Crippen molar-refractivity contribution >= 4 is 25.2 Å². The second-order valence-electron chi connectivity index (χ2n) is 2.54. The highest BCUT2D eigenvalue weighted by molar-refractivity contribution is 7.09. The van der Waals surface area contributed by atoms with E-state index in [9.17, 15) is 4.79 Å². The second kappa shape index (κ2) is 5.02. The minimum absolute atomic E-state index is 0.0539. The van der Waals surface area contributed by atoms with E-state index >= 15 is 0 Å². The maximum absolute atomic E-state index is 10.7. The Morgan fingerprint density at radius 3 is 3.08 bits per heavy atom. The van der Waals surface area contributed by atoms with Gasteiger partial charge in [-0.2, -0.15) is 0 Å². The Morgan fingerprint density at radius 1 is 1.77 bits per heavy atom. The highest BCUT2D eigenvalue weighted by Crippen LogP contribution is 2.12. The van der Waals surface area contributed by atoms with Crippen molar-refractivity contribution in [3.8, 4) is 0 Å². The Hall–Kier alpha value is -0.835. The summed E-state index contributed by atoms with van der Waals surface area (Å²) in [7, 11) is 5.08. The van der Waals surface area contributed by atoms with Gasteiger partial charge in [-0.15, -0.1) is 11.3 Å². The molecule has 0 fully saturated rings. The van der Waals surface area contributed by atoms with Crippen LogP contribution in [0.2, 0.25) is 6.32 Å². The van der Waals surface area contributed by atoms with Crippen LogP contribution in [0, 0.1) is 6.92 Å². The van der Waals surface area contributed by atoms with E-state index in [1.807, 2.05) is 6.92 Å². The maximum Gasteiger partial charge on any atom is 0.296 e. The molecule has 1 heterocycles. The van der Waals surface area contributed by atoms with E-state index in [4.69, 9.17) is 12.6 Å². The number of rotatable bonds is 4. The zero-order chi connectivity index (χ0) is 9.68. The molecule has 0 atom stereocenters. The Kier molecular flexibility index (Phi) is 3.95. The van der Waals surface area contributed by atoms with Crippen LogP contribution < -0.4 is 0 Å². The van der Waals surface area contributed by atoms with Crippen LogP contribution in [0.25, 0.3) is 0 Å². The quantitative estimate of drug-likeness (QED) is 0.533. The molecule has 0 unspecified atom stereocenters. The zero-order valence-corrected chi connectivity index (χ0v) is 8.26. The molecule has 5 heteroatoms. The topological polar surface area (TPSA) is 39.2 Å². The molecule has 0 amide bonds. The predicted octanol–water partition coefficient (Wildman–Crippen LogP) is 1.12. The van der Waals surface area contributed by atoms with Gasteiger partial charge in [-0.3, -0.25) is 4.79 Å². The van der Waals surface area contributed by atoms with Gasteiger partial charge in [0.1, 0.15) is 0 Å². The summed E-state index contributed by atoms with van der Waals surface area (Å²) in [5.41, 5.74) is 2.80. The average molecular weight is 195 g/mol. The van der Waals surface area contributed by atoms with Gasteiger partial charge in [0.25, 0.3) is 5.97 Å². The summed E-state index contributed by atoms with van der Waals surface area (Å²) in [5.74, 6) is -0.359. The standard InChI is InChI=1S/C8H10BNO2S/c1-6-7(13-5-10-6)2-3-12-8(11)4-9/h5H,2-4H2,1H3. The summed E-state index contributed by atoms with van der Waals surface area (Å²) >= 11 is 1.58. The summed E-state index contributed by atoms with van der Waals surface area (Å²) in [6.07, 6.45) is 0.671. The number of esters is 1. The summed E-state index contributed by atoms with van der Waals surface area (Å²) in [5, 5.41) is 0. The van der Waals surface area contributed by atoms with E-state index in [2.05, 4.69) is 4.98 Å². The van der Waals surface area contributed by atoms with Crippen molar-refractivity contribution in [2.24, 2.45) is 0 Å². The van der Waals surface area contributed by atoms with E-state index < -0.39 is 0 Å². The lowest BCUT2D eigenvalue weighted by Crippen LogP contribution is -2.06. The van der Waals surface area contributed by atoms with Gasteiger partial charge in [-0.05, 0) is 6.92 Å². The van der Waals surface area contributed by atoms with Crippen LogP contribution >= 0.6 is 11.3 Å². The van der Waals surface area contributed by atoms with Gasteiger partial charge in [0, 0.05) is 17.6 Å². The number of carbonyl (C=O) groups is 1. The van der Waals surface area contributed by atoms with E-state index in [0.29, 0.717) is 6.61 Å². The first-order valence-electron chi connectivity index (χ1n) is 3.98. The number of carbonyl (C=O) groups excluding carboxylic acids is 1.